The molecular weight excluding hydrogens is 433 g/mol. The molecule has 1 saturated carbocycles. The first kappa shape index (κ1) is 19.8. The summed E-state index contributed by atoms with van der Waals surface area (Å²) in [6.45, 7) is 0.332. The van der Waals surface area contributed by atoms with Gasteiger partial charge >= 0.3 is 166 Å². The zero-order chi connectivity index (χ0) is 20.1. The van der Waals surface area contributed by atoms with Crippen molar-refractivity contribution in [2.45, 2.75) is 36.5 Å². The second kappa shape index (κ2) is 9.33. The number of hydrogen-bond acceptors (Lipinski definition) is 5. The molecule has 0 bridgehead atoms. The van der Waals surface area contributed by atoms with E-state index in [1.165, 1.54) is 42.3 Å². The number of nitro benzene ring substituents is 1. The molecule has 1 aliphatic heterocycles. The molecule has 0 spiro atoms. The number of nitrogens with zero attached hydrogens (tertiary/aromatic N) is 3. The Kier molecular flexibility index (Phi) is 6.37. The third-order valence-corrected chi connectivity index (χ3v) is 8.35. The summed E-state index contributed by atoms with van der Waals surface area (Å²) in [5.41, 5.74) is 0.894. The Labute approximate surface area is 176 Å². The van der Waals surface area contributed by atoms with Crippen LogP contribution in [0.15, 0.2) is 76.6 Å². The molecule has 0 amide bonds. The minimum absolute atomic E-state index is 0.0563. The average Bonchev–Trinajstić information content (AvgIpc) is 3.22. The van der Waals surface area contributed by atoms with Gasteiger partial charge in [0.15, 0.2) is 0 Å². The van der Waals surface area contributed by atoms with Crippen molar-refractivity contribution >= 4 is 25.1 Å². The Hall–Kier alpha value is -2.50. The second-order valence-corrected chi connectivity index (χ2v) is 10.1. The number of rotatable bonds is 7. The Morgan fingerprint density at radius 2 is 1.83 bits per heavy atom. The van der Waals surface area contributed by atoms with E-state index in [1.54, 1.807) is 12.1 Å². The van der Waals surface area contributed by atoms with Gasteiger partial charge in [-0.05, 0) is 0 Å². The number of ether oxygens (including phenoxy) is 1. The summed E-state index contributed by atoms with van der Waals surface area (Å²) in [6, 6.07) is 17.0. The summed E-state index contributed by atoms with van der Waals surface area (Å²) in [7, 11) is 0. The Morgan fingerprint density at radius 1 is 1.07 bits per heavy atom. The zero-order valence-electron chi connectivity index (χ0n) is 16.0. The van der Waals surface area contributed by atoms with E-state index in [1.807, 2.05) is 0 Å². The van der Waals surface area contributed by atoms with Gasteiger partial charge in [-0.1, -0.05) is 0 Å². The van der Waals surface area contributed by atoms with Crippen LogP contribution in [-0.2, 0) is 0 Å². The van der Waals surface area contributed by atoms with Gasteiger partial charge in [0.05, 0.1) is 0 Å². The molecule has 29 heavy (non-hydrogen) atoms. The molecule has 1 aliphatic carbocycles. The number of benzene rings is 2. The SMILES string of the molecule is O=[N+]([O-])c1ccc(OCC2=CC([C@@H]3CCCC[C@H]3[Se]c3ccccc3)N=N2)cc1. The first-order valence-corrected chi connectivity index (χ1v) is 11.7. The summed E-state index contributed by atoms with van der Waals surface area (Å²) in [5, 5.41) is 19.6. The van der Waals surface area contributed by atoms with Crippen molar-refractivity contribution in [3.8, 4) is 5.75 Å². The Morgan fingerprint density at radius 3 is 2.59 bits per heavy atom. The molecule has 6 nitrogen and oxygen atoms in total. The molecule has 0 aromatic heterocycles. The summed E-state index contributed by atoms with van der Waals surface area (Å²) in [5.74, 6) is 1.14. The minimum atomic E-state index is -0.417. The van der Waals surface area contributed by atoms with Crippen LogP contribution in [-0.4, -0.2) is 32.5 Å². The molecule has 2 aliphatic rings. The number of non-ortho nitro benzene ring substituents is 1. The van der Waals surface area contributed by atoms with Crippen molar-refractivity contribution in [3.05, 3.63) is 76.5 Å². The van der Waals surface area contributed by atoms with E-state index in [0.29, 0.717) is 38.0 Å². The fourth-order valence-electron chi connectivity index (χ4n) is 3.85. The molecule has 1 unspecified atom stereocenters. The monoisotopic (exact) mass is 457 g/mol. The van der Waals surface area contributed by atoms with Gasteiger partial charge in [0.1, 0.15) is 0 Å². The summed E-state index contributed by atoms with van der Waals surface area (Å²) >= 11 is 0.452. The van der Waals surface area contributed by atoms with Crippen molar-refractivity contribution in [1.29, 1.82) is 0 Å². The van der Waals surface area contributed by atoms with Crippen LogP contribution < -0.4 is 9.20 Å². The third kappa shape index (κ3) is 5.11. The first-order valence-electron chi connectivity index (χ1n) is 9.89. The molecule has 0 radical (unpaired) electrons. The van der Waals surface area contributed by atoms with Crippen molar-refractivity contribution in [3.63, 3.8) is 0 Å². The van der Waals surface area contributed by atoms with Crippen LogP contribution in [0.25, 0.3) is 0 Å². The molecule has 4 rings (SSSR count). The van der Waals surface area contributed by atoms with Gasteiger partial charge in [0.25, 0.3) is 0 Å². The fourth-order valence-corrected chi connectivity index (χ4v) is 6.83. The van der Waals surface area contributed by atoms with Gasteiger partial charge in [-0.15, -0.1) is 0 Å². The number of azo groups is 1. The summed E-state index contributed by atoms with van der Waals surface area (Å²) in [6.07, 6.45) is 7.19. The van der Waals surface area contributed by atoms with Crippen LogP contribution in [0.5, 0.6) is 5.75 Å². The molecule has 3 atom stereocenters. The zero-order valence-corrected chi connectivity index (χ0v) is 17.7. The quantitative estimate of drug-likeness (QED) is 0.344. The standard InChI is InChI=1S/C22H23N3O3Se/c26-25(27)17-10-12-18(13-11-17)28-15-16-14-21(24-23-16)20-8-4-5-9-22(20)29-19-6-2-1-3-7-19/h1-3,6-7,10-14,20-22H,4-5,8-9,15H2/t20-,21?,22+/m0/s1. The van der Waals surface area contributed by atoms with Crippen LogP contribution in [0.1, 0.15) is 25.7 Å². The van der Waals surface area contributed by atoms with Gasteiger partial charge < -0.3 is 0 Å². The van der Waals surface area contributed by atoms with Crippen LogP contribution in [0.4, 0.5) is 5.69 Å². The van der Waals surface area contributed by atoms with Crippen molar-refractivity contribution < 1.29 is 9.66 Å². The molecule has 1 heterocycles. The van der Waals surface area contributed by atoms with E-state index >= 15 is 0 Å². The van der Waals surface area contributed by atoms with Crippen LogP contribution >= 0.6 is 0 Å². The molecule has 0 saturated heterocycles. The van der Waals surface area contributed by atoms with Gasteiger partial charge in [-0.2, -0.15) is 0 Å². The predicted molar refractivity (Wildman–Crippen MR) is 113 cm³/mol. The fraction of sp³-hybridized carbons (Fsp3) is 0.364. The van der Waals surface area contributed by atoms with Gasteiger partial charge in [0, 0.05) is 0 Å². The molecule has 150 valence electrons. The second-order valence-electron chi connectivity index (χ2n) is 7.32. The van der Waals surface area contributed by atoms with E-state index in [9.17, 15) is 10.1 Å². The molecule has 2 aromatic rings. The van der Waals surface area contributed by atoms with E-state index in [4.69, 9.17) is 4.74 Å². The van der Waals surface area contributed by atoms with E-state index in [0.717, 1.165) is 5.70 Å². The Balaban J connectivity index is 1.36. The topological polar surface area (TPSA) is 77.1 Å². The Bertz CT molecular complexity index is 899. The summed E-state index contributed by atoms with van der Waals surface area (Å²) < 4.78 is 7.20. The van der Waals surface area contributed by atoms with Crippen molar-refractivity contribution in [1.82, 2.24) is 0 Å². The van der Waals surface area contributed by atoms with Crippen LogP contribution in [0.3, 0.4) is 0 Å². The van der Waals surface area contributed by atoms with Gasteiger partial charge in [0.2, 0.25) is 0 Å². The first-order chi connectivity index (χ1) is 14.2. The van der Waals surface area contributed by atoms with Crippen LogP contribution in [0, 0.1) is 16.0 Å². The normalized spacial score (nSPS) is 23.6. The molecule has 1 fully saturated rings. The van der Waals surface area contributed by atoms with Gasteiger partial charge in [-0.3, -0.25) is 10.1 Å². The molecular formula is C22H23N3O3Se. The average molecular weight is 456 g/mol. The van der Waals surface area contributed by atoms with Gasteiger partial charge in [-0.25, -0.2) is 0 Å². The van der Waals surface area contributed by atoms with Crippen molar-refractivity contribution in [2.75, 3.05) is 6.61 Å². The molecule has 2 aromatic carbocycles. The molecule has 0 N–H and O–H groups in total. The maximum atomic E-state index is 10.7. The number of nitro groups is 1. The van der Waals surface area contributed by atoms with Crippen molar-refractivity contribution in [2.24, 2.45) is 16.1 Å². The summed E-state index contributed by atoms with van der Waals surface area (Å²) in [4.78, 5) is 11.0. The third-order valence-electron chi connectivity index (χ3n) is 5.34. The van der Waals surface area contributed by atoms with E-state index < -0.39 is 4.92 Å². The van der Waals surface area contributed by atoms with E-state index in [2.05, 4.69) is 46.6 Å². The number of hydrogen-bond donors (Lipinski definition) is 0. The predicted octanol–water partition coefficient (Wildman–Crippen LogP) is 4.70. The molecule has 7 heteroatoms. The van der Waals surface area contributed by atoms with Crippen LogP contribution in [0.2, 0.25) is 4.82 Å². The van der Waals surface area contributed by atoms with E-state index in [-0.39, 0.29) is 11.7 Å². The maximum absolute atomic E-state index is 10.7.